The van der Waals surface area contributed by atoms with Crippen LogP contribution in [-0.4, -0.2) is 21.1 Å². The van der Waals surface area contributed by atoms with Crippen LogP contribution in [0.25, 0.3) is 11.4 Å². The average Bonchev–Trinajstić information content (AvgIpc) is 2.89. The molecule has 0 aliphatic heterocycles. The molecule has 0 amide bonds. The van der Waals surface area contributed by atoms with E-state index in [4.69, 9.17) is 23.8 Å². The van der Waals surface area contributed by atoms with Crippen molar-refractivity contribution in [3.8, 4) is 11.4 Å². The SMILES string of the molecule is Cc1ccc(/C=N/n2c(-c3ccc(Cl)cc3)n[nH]c2=S)cc1. The van der Waals surface area contributed by atoms with Gasteiger partial charge >= 0.3 is 0 Å². The van der Waals surface area contributed by atoms with Crippen molar-refractivity contribution in [2.45, 2.75) is 6.92 Å². The number of nitrogens with zero attached hydrogens (tertiary/aromatic N) is 3. The Bertz CT molecular complexity index is 860. The molecule has 0 saturated heterocycles. The Kier molecular flexibility index (Phi) is 4.18. The normalized spacial score (nSPS) is 11.2. The summed E-state index contributed by atoms with van der Waals surface area (Å²) in [7, 11) is 0. The number of nitrogens with one attached hydrogen (secondary N) is 1. The molecule has 0 aliphatic rings. The molecule has 0 atom stereocenters. The van der Waals surface area contributed by atoms with E-state index in [0.717, 1.165) is 11.1 Å². The topological polar surface area (TPSA) is 46.0 Å². The van der Waals surface area contributed by atoms with Gasteiger partial charge in [-0.1, -0.05) is 41.4 Å². The van der Waals surface area contributed by atoms with Gasteiger partial charge < -0.3 is 0 Å². The summed E-state index contributed by atoms with van der Waals surface area (Å²) in [5, 5.41) is 12.1. The van der Waals surface area contributed by atoms with Crippen LogP contribution in [-0.2, 0) is 0 Å². The maximum absolute atomic E-state index is 5.91. The number of halogens is 1. The minimum absolute atomic E-state index is 0.438. The van der Waals surface area contributed by atoms with E-state index in [9.17, 15) is 0 Å². The fraction of sp³-hybridized carbons (Fsp3) is 0.0625. The maximum atomic E-state index is 5.91. The van der Waals surface area contributed by atoms with Crippen LogP contribution >= 0.6 is 23.8 Å². The van der Waals surface area contributed by atoms with Crippen molar-refractivity contribution in [2.24, 2.45) is 5.10 Å². The van der Waals surface area contributed by atoms with Crippen molar-refractivity contribution >= 4 is 30.0 Å². The molecule has 0 bridgehead atoms. The summed E-state index contributed by atoms with van der Waals surface area (Å²) in [5.74, 6) is 0.644. The fourth-order valence-electron chi connectivity index (χ4n) is 1.96. The molecular formula is C16H13ClN4S. The van der Waals surface area contributed by atoms with Gasteiger partial charge in [0.15, 0.2) is 5.82 Å². The van der Waals surface area contributed by atoms with Gasteiger partial charge in [0.05, 0.1) is 6.21 Å². The Hall–Kier alpha value is -2.24. The molecular weight excluding hydrogens is 316 g/mol. The number of aromatic nitrogens is 3. The molecule has 3 aromatic rings. The molecule has 0 fully saturated rings. The van der Waals surface area contributed by atoms with Crippen LogP contribution < -0.4 is 0 Å². The van der Waals surface area contributed by atoms with Crippen LogP contribution in [0.4, 0.5) is 0 Å². The van der Waals surface area contributed by atoms with Gasteiger partial charge in [-0.05, 0) is 49.0 Å². The highest BCUT2D eigenvalue weighted by Crippen LogP contribution is 2.19. The van der Waals surface area contributed by atoms with E-state index in [1.54, 1.807) is 10.9 Å². The van der Waals surface area contributed by atoms with Crippen LogP contribution in [0, 0.1) is 11.7 Å². The number of aromatic amines is 1. The second-order valence-electron chi connectivity index (χ2n) is 4.83. The van der Waals surface area contributed by atoms with Gasteiger partial charge in [-0.15, -0.1) is 0 Å². The summed E-state index contributed by atoms with van der Waals surface area (Å²) in [5.41, 5.74) is 3.09. The average molecular weight is 329 g/mol. The van der Waals surface area contributed by atoms with Gasteiger partial charge in [-0.2, -0.15) is 14.9 Å². The first kappa shape index (κ1) is 14.7. The van der Waals surface area contributed by atoms with Crippen LogP contribution in [0.1, 0.15) is 11.1 Å². The molecule has 0 aliphatic carbocycles. The largest absolute Gasteiger partial charge is 0.250 e. The van der Waals surface area contributed by atoms with Crippen molar-refractivity contribution in [3.05, 3.63) is 69.5 Å². The first-order valence-corrected chi connectivity index (χ1v) is 7.46. The van der Waals surface area contributed by atoms with Crippen molar-refractivity contribution in [2.75, 3.05) is 0 Å². The Morgan fingerprint density at radius 3 is 2.50 bits per heavy atom. The molecule has 1 N–H and O–H groups in total. The highest BCUT2D eigenvalue weighted by molar-refractivity contribution is 7.71. The van der Waals surface area contributed by atoms with E-state index in [1.165, 1.54) is 5.56 Å². The molecule has 0 spiro atoms. The van der Waals surface area contributed by atoms with Gasteiger partial charge in [0, 0.05) is 10.6 Å². The first-order valence-electron chi connectivity index (χ1n) is 6.68. The second kappa shape index (κ2) is 6.25. The zero-order chi connectivity index (χ0) is 15.5. The molecule has 2 aromatic carbocycles. The van der Waals surface area contributed by atoms with Gasteiger partial charge in [0.1, 0.15) is 0 Å². The Balaban J connectivity index is 1.97. The minimum Gasteiger partial charge on any atom is -0.250 e. The highest BCUT2D eigenvalue weighted by Gasteiger charge is 2.07. The molecule has 22 heavy (non-hydrogen) atoms. The van der Waals surface area contributed by atoms with Gasteiger partial charge in [-0.25, -0.2) is 5.10 Å². The Morgan fingerprint density at radius 2 is 1.82 bits per heavy atom. The molecule has 0 saturated carbocycles. The molecule has 3 rings (SSSR count). The van der Waals surface area contributed by atoms with Crippen LogP contribution in [0.5, 0.6) is 0 Å². The lowest BCUT2D eigenvalue weighted by molar-refractivity contribution is 0.871. The standard InChI is InChI=1S/C16H13ClN4S/c1-11-2-4-12(5-3-11)10-18-21-15(19-20-16(21)22)13-6-8-14(17)9-7-13/h2-10H,1H3,(H,20,22)/b18-10+. The zero-order valence-electron chi connectivity index (χ0n) is 11.8. The van der Waals surface area contributed by atoms with Crippen molar-refractivity contribution < 1.29 is 0 Å². The molecule has 110 valence electrons. The lowest BCUT2D eigenvalue weighted by Gasteiger charge is -2.01. The second-order valence-corrected chi connectivity index (χ2v) is 5.65. The maximum Gasteiger partial charge on any atom is 0.216 e. The summed E-state index contributed by atoms with van der Waals surface area (Å²) in [6, 6.07) is 15.5. The third-order valence-electron chi connectivity index (χ3n) is 3.15. The molecule has 4 nitrogen and oxygen atoms in total. The first-order chi connectivity index (χ1) is 10.6. The number of benzene rings is 2. The number of hydrogen-bond acceptors (Lipinski definition) is 3. The van der Waals surface area contributed by atoms with Crippen molar-refractivity contribution in [1.29, 1.82) is 0 Å². The summed E-state index contributed by atoms with van der Waals surface area (Å²) < 4.78 is 2.03. The third kappa shape index (κ3) is 3.16. The van der Waals surface area contributed by atoms with Crippen molar-refractivity contribution in [1.82, 2.24) is 14.9 Å². The zero-order valence-corrected chi connectivity index (χ0v) is 13.4. The number of H-pyrrole nitrogens is 1. The minimum atomic E-state index is 0.438. The van der Waals surface area contributed by atoms with Gasteiger partial charge in [0.2, 0.25) is 4.77 Å². The molecule has 1 heterocycles. The Labute approximate surface area is 138 Å². The number of aryl methyl sites for hydroxylation is 1. The lowest BCUT2D eigenvalue weighted by atomic mass is 10.2. The summed E-state index contributed by atoms with van der Waals surface area (Å²) in [6.45, 7) is 2.05. The molecule has 0 radical (unpaired) electrons. The quantitative estimate of drug-likeness (QED) is 0.570. The van der Waals surface area contributed by atoms with E-state index in [1.807, 2.05) is 55.5 Å². The van der Waals surface area contributed by atoms with Gasteiger partial charge in [0.25, 0.3) is 0 Å². The number of rotatable bonds is 3. The van der Waals surface area contributed by atoms with Crippen LogP contribution in [0.3, 0.4) is 0 Å². The van der Waals surface area contributed by atoms with Crippen LogP contribution in [0.15, 0.2) is 53.6 Å². The molecule has 6 heteroatoms. The molecule has 0 unspecified atom stereocenters. The number of hydrogen-bond donors (Lipinski definition) is 1. The fourth-order valence-corrected chi connectivity index (χ4v) is 2.27. The molecule has 1 aromatic heterocycles. The third-order valence-corrected chi connectivity index (χ3v) is 3.67. The predicted octanol–water partition coefficient (Wildman–Crippen LogP) is 4.45. The van der Waals surface area contributed by atoms with E-state index in [0.29, 0.717) is 15.6 Å². The van der Waals surface area contributed by atoms with Crippen LogP contribution in [0.2, 0.25) is 5.02 Å². The smallest absolute Gasteiger partial charge is 0.216 e. The summed E-state index contributed by atoms with van der Waals surface area (Å²) in [6.07, 6.45) is 1.75. The lowest BCUT2D eigenvalue weighted by Crippen LogP contribution is -1.95. The summed E-state index contributed by atoms with van der Waals surface area (Å²) in [4.78, 5) is 0. The highest BCUT2D eigenvalue weighted by atomic mass is 35.5. The van der Waals surface area contributed by atoms with E-state index in [2.05, 4.69) is 15.3 Å². The monoisotopic (exact) mass is 328 g/mol. The van der Waals surface area contributed by atoms with Gasteiger partial charge in [-0.3, -0.25) is 0 Å². The summed E-state index contributed by atoms with van der Waals surface area (Å²) >= 11 is 11.2. The predicted molar refractivity (Wildman–Crippen MR) is 92.0 cm³/mol. The van der Waals surface area contributed by atoms with E-state index < -0.39 is 0 Å². The van der Waals surface area contributed by atoms with E-state index >= 15 is 0 Å². The Morgan fingerprint density at radius 1 is 1.14 bits per heavy atom. The van der Waals surface area contributed by atoms with E-state index in [-0.39, 0.29) is 0 Å². The van der Waals surface area contributed by atoms with Crippen molar-refractivity contribution in [3.63, 3.8) is 0 Å².